The topological polar surface area (TPSA) is 79.3 Å². The van der Waals surface area contributed by atoms with E-state index >= 15 is 0 Å². The van der Waals surface area contributed by atoms with Crippen molar-refractivity contribution >= 4 is 12.2 Å². The van der Waals surface area contributed by atoms with Crippen molar-refractivity contribution in [2.45, 2.75) is 77.0 Å². The first-order valence-corrected chi connectivity index (χ1v) is 9.84. The molecule has 2 amide bonds. The van der Waals surface area contributed by atoms with Gasteiger partial charge in [-0.3, -0.25) is 9.80 Å². The molecule has 0 saturated carbocycles. The minimum Gasteiger partial charge on any atom is -0.445 e. The van der Waals surface area contributed by atoms with Gasteiger partial charge in [0.15, 0.2) is 0 Å². The number of carbonyl (C=O) groups is 2. The average molecular weight is 390 g/mol. The van der Waals surface area contributed by atoms with Crippen LogP contribution in [0.3, 0.4) is 0 Å². The van der Waals surface area contributed by atoms with E-state index in [-0.39, 0.29) is 24.8 Å². The molecule has 2 aliphatic rings. The van der Waals surface area contributed by atoms with Gasteiger partial charge in [-0.25, -0.2) is 9.59 Å². The largest absolute Gasteiger partial charge is 0.445 e. The maximum absolute atomic E-state index is 12.8. The standard InChI is InChI=1S/C21H30N2O5/c1-14(24)18-17-11-10-16(23(17)20(26)28-21(2,3)4)12-22(18)19(25)27-13-15-8-6-5-7-9-15/h5-9,14,16-18,24H,10-13H2,1-4H3/t14-,16+,17-,18+/m0/s1. The van der Waals surface area contributed by atoms with E-state index in [9.17, 15) is 14.7 Å². The predicted molar refractivity (Wildman–Crippen MR) is 104 cm³/mol. The minimum absolute atomic E-state index is 0.126. The lowest BCUT2D eigenvalue weighted by molar-refractivity contribution is -0.0486. The third-order valence-corrected chi connectivity index (χ3v) is 5.25. The summed E-state index contributed by atoms with van der Waals surface area (Å²) in [4.78, 5) is 28.8. The molecule has 3 rings (SSSR count). The van der Waals surface area contributed by atoms with Crippen LogP contribution < -0.4 is 0 Å². The Morgan fingerprint density at radius 1 is 1.18 bits per heavy atom. The van der Waals surface area contributed by atoms with E-state index < -0.39 is 23.8 Å². The molecule has 0 spiro atoms. The van der Waals surface area contributed by atoms with E-state index in [2.05, 4.69) is 0 Å². The van der Waals surface area contributed by atoms with Gasteiger partial charge in [0, 0.05) is 6.54 Å². The molecule has 1 aromatic rings. The number of hydrogen-bond donors (Lipinski definition) is 1. The van der Waals surface area contributed by atoms with Crippen LogP contribution in [0.4, 0.5) is 9.59 Å². The fourth-order valence-electron chi connectivity index (χ4n) is 4.16. The molecule has 2 heterocycles. The van der Waals surface area contributed by atoms with Crippen molar-refractivity contribution in [2.75, 3.05) is 6.54 Å². The minimum atomic E-state index is -0.793. The quantitative estimate of drug-likeness (QED) is 0.858. The van der Waals surface area contributed by atoms with Crippen molar-refractivity contribution in [3.63, 3.8) is 0 Å². The Balaban J connectivity index is 1.72. The lowest BCUT2D eigenvalue weighted by atomic mass is 9.98. The molecule has 2 aliphatic heterocycles. The molecule has 7 nitrogen and oxygen atoms in total. The molecular weight excluding hydrogens is 360 g/mol. The van der Waals surface area contributed by atoms with Crippen molar-refractivity contribution in [2.24, 2.45) is 0 Å². The third-order valence-electron chi connectivity index (χ3n) is 5.25. The Kier molecular flexibility index (Phi) is 5.84. The van der Waals surface area contributed by atoms with Crippen molar-refractivity contribution in [3.05, 3.63) is 35.9 Å². The van der Waals surface area contributed by atoms with Crippen LogP contribution in [0.15, 0.2) is 30.3 Å². The van der Waals surface area contributed by atoms with Crippen molar-refractivity contribution < 1.29 is 24.2 Å². The van der Waals surface area contributed by atoms with Crippen LogP contribution in [0.25, 0.3) is 0 Å². The molecule has 2 fully saturated rings. The number of rotatable bonds is 3. The van der Waals surface area contributed by atoms with Crippen LogP contribution in [0.2, 0.25) is 0 Å². The maximum Gasteiger partial charge on any atom is 0.410 e. The summed E-state index contributed by atoms with van der Waals surface area (Å²) in [5.41, 5.74) is 0.308. The van der Waals surface area contributed by atoms with Gasteiger partial charge >= 0.3 is 12.2 Å². The number of piperazine rings is 1. The first-order chi connectivity index (χ1) is 13.2. The van der Waals surface area contributed by atoms with Crippen LogP contribution in [0.5, 0.6) is 0 Å². The third kappa shape index (κ3) is 4.41. The first kappa shape index (κ1) is 20.5. The number of fused-ring (bicyclic) bond motifs is 2. The van der Waals surface area contributed by atoms with Crippen LogP contribution in [0, 0.1) is 0 Å². The molecule has 7 heteroatoms. The van der Waals surface area contributed by atoms with E-state index in [1.807, 2.05) is 51.1 Å². The molecule has 154 valence electrons. The molecule has 0 aliphatic carbocycles. The Hall–Kier alpha value is -2.28. The molecule has 0 unspecified atom stereocenters. The highest BCUT2D eigenvalue weighted by atomic mass is 16.6. The van der Waals surface area contributed by atoms with Gasteiger partial charge in [0.1, 0.15) is 12.2 Å². The number of ether oxygens (including phenoxy) is 2. The average Bonchev–Trinajstić information content (AvgIpc) is 2.92. The van der Waals surface area contributed by atoms with Gasteiger partial charge in [-0.2, -0.15) is 0 Å². The first-order valence-electron chi connectivity index (χ1n) is 9.84. The molecule has 0 aromatic heterocycles. The molecule has 4 atom stereocenters. The van der Waals surface area contributed by atoms with Crippen LogP contribution in [0.1, 0.15) is 46.1 Å². The number of carbonyl (C=O) groups excluding carboxylic acids is 2. The summed E-state index contributed by atoms with van der Waals surface area (Å²) in [7, 11) is 0. The highest BCUT2D eigenvalue weighted by Gasteiger charge is 2.52. The SMILES string of the molecule is C[C@H](O)[C@@H]1[C@@H]2CC[C@H](CN1C(=O)OCc1ccccc1)N2C(=O)OC(C)(C)C. The summed E-state index contributed by atoms with van der Waals surface area (Å²) in [6, 6.07) is 8.55. The number of likely N-dealkylation sites (tertiary alicyclic amines) is 1. The van der Waals surface area contributed by atoms with Gasteiger partial charge in [-0.05, 0) is 46.1 Å². The van der Waals surface area contributed by atoms with E-state index in [1.54, 1.807) is 16.7 Å². The summed E-state index contributed by atoms with van der Waals surface area (Å²) in [6.07, 6.45) is -0.144. The van der Waals surface area contributed by atoms with Gasteiger partial charge in [-0.15, -0.1) is 0 Å². The Morgan fingerprint density at radius 3 is 2.46 bits per heavy atom. The van der Waals surface area contributed by atoms with Gasteiger partial charge < -0.3 is 14.6 Å². The Labute approximate surface area is 166 Å². The van der Waals surface area contributed by atoms with Gasteiger partial charge in [-0.1, -0.05) is 30.3 Å². The van der Waals surface area contributed by atoms with Gasteiger partial charge in [0.25, 0.3) is 0 Å². The van der Waals surface area contributed by atoms with Crippen LogP contribution in [-0.4, -0.2) is 63.5 Å². The fraction of sp³-hybridized carbons (Fsp3) is 0.619. The zero-order valence-electron chi connectivity index (χ0n) is 17.0. The number of hydrogen-bond acceptors (Lipinski definition) is 5. The van der Waals surface area contributed by atoms with Crippen molar-refractivity contribution in [1.29, 1.82) is 0 Å². The lowest BCUT2D eigenvalue weighted by Gasteiger charge is -2.47. The fourth-order valence-corrected chi connectivity index (χ4v) is 4.16. The molecule has 28 heavy (non-hydrogen) atoms. The molecule has 2 saturated heterocycles. The van der Waals surface area contributed by atoms with Gasteiger partial charge in [0.2, 0.25) is 0 Å². The molecule has 0 radical (unpaired) electrons. The van der Waals surface area contributed by atoms with E-state index in [1.165, 1.54) is 0 Å². The number of aliphatic hydroxyl groups excluding tert-OH is 1. The smallest absolute Gasteiger partial charge is 0.410 e. The summed E-state index contributed by atoms with van der Waals surface area (Å²) in [5.74, 6) is 0. The van der Waals surface area contributed by atoms with Crippen LogP contribution in [-0.2, 0) is 16.1 Å². The lowest BCUT2D eigenvalue weighted by Crippen LogP contribution is -2.65. The van der Waals surface area contributed by atoms with Crippen molar-refractivity contribution in [3.8, 4) is 0 Å². The molecule has 2 bridgehead atoms. The zero-order chi connectivity index (χ0) is 20.5. The number of benzene rings is 1. The van der Waals surface area contributed by atoms with Crippen LogP contribution >= 0.6 is 0 Å². The predicted octanol–water partition coefficient (Wildman–Crippen LogP) is 3.16. The second-order valence-electron chi connectivity index (χ2n) is 8.61. The maximum atomic E-state index is 12.8. The normalized spacial score (nSPS) is 25.4. The summed E-state index contributed by atoms with van der Waals surface area (Å²) >= 11 is 0. The van der Waals surface area contributed by atoms with Crippen molar-refractivity contribution in [1.82, 2.24) is 9.80 Å². The molecule has 1 aromatic carbocycles. The number of amides is 2. The number of aliphatic hydroxyl groups is 1. The summed E-state index contributed by atoms with van der Waals surface area (Å²) < 4.78 is 11.0. The summed E-state index contributed by atoms with van der Waals surface area (Å²) in [6.45, 7) is 7.64. The summed E-state index contributed by atoms with van der Waals surface area (Å²) in [5, 5.41) is 10.4. The Bertz CT molecular complexity index is 700. The Morgan fingerprint density at radius 2 is 1.86 bits per heavy atom. The monoisotopic (exact) mass is 390 g/mol. The second-order valence-corrected chi connectivity index (χ2v) is 8.61. The van der Waals surface area contributed by atoms with E-state index in [0.717, 1.165) is 18.4 Å². The van der Waals surface area contributed by atoms with Gasteiger partial charge in [0.05, 0.1) is 24.2 Å². The van der Waals surface area contributed by atoms with E-state index in [0.29, 0.717) is 6.54 Å². The zero-order valence-corrected chi connectivity index (χ0v) is 17.0. The molecule has 1 N–H and O–H groups in total. The second kappa shape index (κ2) is 7.99. The number of nitrogens with zero attached hydrogens (tertiary/aromatic N) is 2. The highest BCUT2D eigenvalue weighted by Crippen LogP contribution is 2.37. The molecular formula is C21H30N2O5. The van der Waals surface area contributed by atoms with E-state index in [4.69, 9.17) is 9.47 Å². The highest BCUT2D eigenvalue weighted by molar-refractivity contribution is 5.72.